The molecule has 1 fully saturated rings. The number of benzene rings is 3. The van der Waals surface area contributed by atoms with E-state index in [1.54, 1.807) is 42.5 Å². The van der Waals surface area contributed by atoms with Crippen LogP contribution in [0.1, 0.15) is 67.7 Å². The van der Waals surface area contributed by atoms with Crippen molar-refractivity contribution in [1.29, 1.82) is 0 Å². The number of rotatable bonds is 7. The van der Waals surface area contributed by atoms with Crippen molar-refractivity contribution in [3.8, 4) is 5.75 Å². The highest BCUT2D eigenvalue weighted by Gasteiger charge is 2.47. The Morgan fingerprint density at radius 1 is 0.950 bits per heavy atom. The molecule has 0 aliphatic carbocycles. The summed E-state index contributed by atoms with van der Waals surface area (Å²) in [7, 11) is 1.27. The molecule has 1 N–H and O–H groups in total. The van der Waals surface area contributed by atoms with E-state index >= 15 is 0 Å². The monoisotopic (exact) mass is 541 g/mol. The van der Waals surface area contributed by atoms with Crippen LogP contribution in [-0.4, -0.2) is 36.5 Å². The lowest BCUT2D eigenvalue weighted by atomic mass is 9.85. The summed E-state index contributed by atoms with van der Waals surface area (Å²) >= 11 is 0. The first-order valence-electron chi connectivity index (χ1n) is 13.3. The molecule has 7 nitrogen and oxygen atoms in total. The van der Waals surface area contributed by atoms with Crippen molar-refractivity contribution in [2.24, 2.45) is 5.92 Å². The maximum Gasteiger partial charge on any atom is 0.337 e. The molecule has 3 aromatic rings. The SMILES string of the molecule is COC(=O)c1cccc(N2C(=O)C(=O)/C(=C(/O)c3ccc(OCC(C)C)cc3)C2c2ccc(C(C)(C)C)cc2)c1. The second-order valence-electron chi connectivity index (χ2n) is 11.3. The van der Waals surface area contributed by atoms with Gasteiger partial charge in [0.05, 0.1) is 30.9 Å². The molecule has 1 atom stereocenters. The normalized spacial score (nSPS) is 16.9. The Morgan fingerprint density at radius 3 is 2.17 bits per heavy atom. The molecule has 1 aliphatic rings. The summed E-state index contributed by atoms with van der Waals surface area (Å²) in [5.74, 6) is -1.48. The van der Waals surface area contributed by atoms with Crippen molar-refractivity contribution in [3.05, 3.63) is 101 Å². The fourth-order valence-corrected chi connectivity index (χ4v) is 4.61. The van der Waals surface area contributed by atoms with E-state index in [0.717, 1.165) is 5.56 Å². The van der Waals surface area contributed by atoms with Gasteiger partial charge in [0, 0.05) is 11.3 Å². The number of Topliss-reactive ketones (excluding diaryl/α,β-unsaturated/α-hetero) is 1. The van der Waals surface area contributed by atoms with Crippen molar-refractivity contribution in [2.75, 3.05) is 18.6 Å². The summed E-state index contributed by atoms with van der Waals surface area (Å²) in [6.07, 6.45) is 0. The summed E-state index contributed by atoms with van der Waals surface area (Å²) in [6, 6.07) is 19.9. The van der Waals surface area contributed by atoms with Crippen molar-refractivity contribution in [1.82, 2.24) is 0 Å². The molecule has 1 saturated heterocycles. The average molecular weight is 542 g/mol. The zero-order valence-electron chi connectivity index (χ0n) is 23.7. The molecule has 208 valence electrons. The lowest BCUT2D eigenvalue weighted by Crippen LogP contribution is -2.29. The number of ketones is 1. The summed E-state index contributed by atoms with van der Waals surface area (Å²) in [5.41, 5.74) is 2.55. The van der Waals surface area contributed by atoms with Crippen LogP contribution >= 0.6 is 0 Å². The molecule has 1 aliphatic heterocycles. The number of hydrogen-bond donors (Lipinski definition) is 1. The minimum atomic E-state index is -0.918. The quantitative estimate of drug-likeness (QED) is 0.160. The maximum atomic E-state index is 13.5. The Hall–Kier alpha value is -4.39. The van der Waals surface area contributed by atoms with Crippen molar-refractivity contribution >= 4 is 29.1 Å². The predicted molar refractivity (Wildman–Crippen MR) is 154 cm³/mol. The van der Waals surface area contributed by atoms with Gasteiger partial charge in [-0.05, 0) is 64.9 Å². The van der Waals surface area contributed by atoms with Gasteiger partial charge in [-0.3, -0.25) is 14.5 Å². The first kappa shape index (κ1) is 28.6. The number of ether oxygens (including phenoxy) is 2. The number of anilines is 1. The number of esters is 1. The highest BCUT2D eigenvalue weighted by Crippen LogP contribution is 2.43. The van der Waals surface area contributed by atoms with Crippen LogP contribution in [0.15, 0.2) is 78.4 Å². The first-order valence-corrected chi connectivity index (χ1v) is 13.3. The Labute approximate surface area is 235 Å². The first-order chi connectivity index (χ1) is 18.9. The average Bonchev–Trinajstić information content (AvgIpc) is 3.21. The van der Waals surface area contributed by atoms with Crippen LogP contribution < -0.4 is 9.64 Å². The molecule has 40 heavy (non-hydrogen) atoms. The molecule has 1 heterocycles. The number of aliphatic hydroxyl groups excluding tert-OH is 1. The third-order valence-electron chi connectivity index (χ3n) is 6.79. The van der Waals surface area contributed by atoms with E-state index in [2.05, 4.69) is 20.8 Å². The molecule has 1 amide bonds. The van der Waals surface area contributed by atoms with Gasteiger partial charge in [-0.25, -0.2) is 4.79 Å². The minimum absolute atomic E-state index is 0.0344. The highest BCUT2D eigenvalue weighted by molar-refractivity contribution is 6.51. The number of aliphatic hydroxyl groups is 1. The Kier molecular flexibility index (Phi) is 8.14. The van der Waals surface area contributed by atoms with E-state index in [0.29, 0.717) is 35.1 Å². The van der Waals surface area contributed by atoms with Gasteiger partial charge in [-0.15, -0.1) is 0 Å². The Morgan fingerprint density at radius 2 is 1.60 bits per heavy atom. The number of methoxy groups -OCH3 is 1. The van der Waals surface area contributed by atoms with Crippen LogP contribution in [0.25, 0.3) is 5.76 Å². The van der Waals surface area contributed by atoms with Gasteiger partial charge in [0.1, 0.15) is 11.5 Å². The van der Waals surface area contributed by atoms with Crippen molar-refractivity contribution in [3.63, 3.8) is 0 Å². The fraction of sp³-hybridized carbons (Fsp3) is 0.303. The van der Waals surface area contributed by atoms with Gasteiger partial charge in [0.15, 0.2) is 0 Å². The van der Waals surface area contributed by atoms with Gasteiger partial charge in [-0.1, -0.05) is 65.0 Å². The van der Waals surface area contributed by atoms with Crippen molar-refractivity contribution in [2.45, 2.75) is 46.1 Å². The van der Waals surface area contributed by atoms with E-state index in [9.17, 15) is 19.5 Å². The van der Waals surface area contributed by atoms with Crippen LogP contribution in [0.4, 0.5) is 5.69 Å². The topological polar surface area (TPSA) is 93.1 Å². The largest absolute Gasteiger partial charge is 0.507 e. The third kappa shape index (κ3) is 5.78. The van der Waals surface area contributed by atoms with Gasteiger partial charge in [0.2, 0.25) is 0 Å². The number of nitrogens with zero attached hydrogens (tertiary/aromatic N) is 1. The van der Waals surface area contributed by atoms with Crippen LogP contribution in [0.2, 0.25) is 0 Å². The summed E-state index contributed by atoms with van der Waals surface area (Å²) < 4.78 is 10.6. The molecule has 0 saturated carbocycles. The Balaban J connectivity index is 1.85. The number of carbonyl (C=O) groups excluding carboxylic acids is 3. The van der Waals surface area contributed by atoms with Crippen LogP contribution in [0.3, 0.4) is 0 Å². The molecule has 0 bridgehead atoms. The molecule has 0 aromatic heterocycles. The number of hydrogen-bond acceptors (Lipinski definition) is 6. The van der Waals surface area contributed by atoms with Crippen LogP contribution in [0, 0.1) is 5.92 Å². The van der Waals surface area contributed by atoms with Gasteiger partial charge < -0.3 is 14.6 Å². The smallest absolute Gasteiger partial charge is 0.337 e. The van der Waals surface area contributed by atoms with Crippen molar-refractivity contribution < 1.29 is 29.0 Å². The number of carbonyl (C=O) groups is 3. The molecular weight excluding hydrogens is 506 g/mol. The second kappa shape index (κ2) is 11.4. The second-order valence-corrected chi connectivity index (χ2v) is 11.3. The minimum Gasteiger partial charge on any atom is -0.507 e. The summed E-state index contributed by atoms with van der Waals surface area (Å²) in [5, 5.41) is 11.4. The molecule has 0 spiro atoms. The lowest BCUT2D eigenvalue weighted by Gasteiger charge is -2.27. The van der Waals surface area contributed by atoms with Gasteiger partial charge >= 0.3 is 5.97 Å². The molecule has 0 radical (unpaired) electrons. The van der Waals surface area contributed by atoms with Gasteiger partial charge in [0.25, 0.3) is 11.7 Å². The lowest BCUT2D eigenvalue weighted by molar-refractivity contribution is -0.132. The maximum absolute atomic E-state index is 13.5. The predicted octanol–water partition coefficient (Wildman–Crippen LogP) is 6.43. The Bertz CT molecular complexity index is 1450. The fourth-order valence-electron chi connectivity index (χ4n) is 4.61. The standard InChI is InChI=1S/C33H35NO6/c1-20(2)19-40-26-16-12-22(13-17-26)29(35)27-28(21-10-14-24(15-11-21)33(3,4)5)34(31(37)30(27)36)25-9-7-8-23(18-25)32(38)39-6/h7-18,20,28,35H,19H2,1-6H3/b29-27+. The van der Waals surface area contributed by atoms with E-state index in [1.807, 2.05) is 38.1 Å². The zero-order chi connectivity index (χ0) is 29.2. The van der Waals surface area contributed by atoms with Gasteiger partial charge in [-0.2, -0.15) is 0 Å². The highest BCUT2D eigenvalue weighted by atomic mass is 16.5. The van der Waals surface area contributed by atoms with E-state index in [1.165, 1.54) is 18.1 Å². The summed E-state index contributed by atoms with van der Waals surface area (Å²) in [4.78, 5) is 40.6. The van der Waals surface area contributed by atoms with Crippen LogP contribution in [0.5, 0.6) is 5.75 Å². The third-order valence-corrected chi connectivity index (χ3v) is 6.79. The molecule has 7 heteroatoms. The molecule has 1 unspecified atom stereocenters. The summed E-state index contributed by atoms with van der Waals surface area (Å²) in [6.45, 7) is 10.9. The number of amides is 1. The van der Waals surface area contributed by atoms with Crippen LogP contribution in [-0.2, 0) is 19.7 Å². The molecule has 3 aromatic carbocycles. The molecular formula is C33H35NO6. The van der Waals surface area contributed by atoms with E-state index < -0.39 is 23.7 Å². The van der Waals surface area contributed by atoms with E-state index in [-0.39, 0.29) is 22.3 Å². The molecule has 4 rings (SSSR count). The van der Waals surface area contributed by atoms with E-state index in [4.69, 9.17) is 9.47 Å². The zero-order valence-corrected chi connectivity index (χ0v) is 23.7.